The van der Waals surface area contributed by atoms with E-state index in [2.05, 4.69) is 17.1 Å². The maximum absolute atomic E-state index is 13.7. The fraction of sp³-hybridized carbons (Fsp3) is 0.600. The van der Waals surface area contributed by atoms with E-state index in [1.54, 1.807) is 0 Å². The van der Waals surface area contributed by atoms with E-state index in [-0.39, 0.29) is 11.7 Å². The summed E-state index contributed by atoms with van der Waals surface area (Å²) < 4.78 is 51.6. The number of likely N-dealkylation sites (tertiary alicyclic amines) is 1. The number of rotatable bonds is 4. The zero-order valence-corrected chi connectivity index (χ0v) is 12.0. The quantitative estimate of drug-likeness (QED) is 0.841. The molecule has 1 heterocycles. The summed E-state index contributed by atoms with van der Waals surface area (Å²) in [5.41, 5.74) is -0.881. The molecule has 0 saturated carbocycles. The molecule has 2 nitrogen and oxygen atoms in total. The molecule has 1 aliphatic heterocycles. The third-order valence-electron chi connectivity index (χ3n) is 3.78. The zero-order chi connectivity index (χ0) is 15.5. The minimum atomic E-state index is -4.45. The van der Waals surface area contributed by atoms with Gasteiger partial charge >= 0.3 is 6.18 Å². The molecule has 0 aromatic heterocycles. The second kappa shape index (κ2) is 6.64. The molecule has 0 atom stereocenters. The van der Waals surface area contributed by atoms with Crippen LogP contribution in [-0.2, 0) is 6.18 Å². The van der Waals surface area contributed by atoms with Gasteiger partial charge in [-0.25, -0.2) is 4.39 Å². The van der Waals surface area contributed by atoms with Crippen LogP contribution in [0.25, 0.3) is 0 Å². The number of alkyl halides is 3. The summed E-state index contributed by atoms with van der Waals surface area (Å²) in [7, 11) is 0. The van der Waals surface area contributed by atoms with Crippen molar-refractivity contribution in [3.63, 3.8) is 0 Å². The Hall–Kier alpha value is -1.30. The van der Waals surface area contributed by atoms with E-state index in [4.69, 9.17) is 0 Å². The third-order valence-corrected chi connectivity index (χ3v) is 3.78. The Morgan fingerprint density at radius 2 is 1.90 bits per heavy atom. The molecule has 21 heavy (non-hydrogen) atoms. The molecule has 1 N–H and O–H groups in total. The Morgan fingerprint density at radius 3 is 2.48 bits per heavy atom. The van der Waals surface area contributed by atoms with Gasteiger partial charge in [-0.1, -0.05) is 6.92 Å². The van der Waals surface area contributed by atoms with Crippen molar-refractivity contribution >= 4 is 5.69 Å². The number of benzene rings is 1. The van der Waals surface area contributed by atoms with Gasteiger partial charge in [0, 0.05) is 19.1 Å². The molecule has 1 fully saturated rings. The van der Waals surface area contributed by atoms with Gasteiger partial charge < -0.3 is 10.2 Å². The number of anilines is 1. The maximum Gasteiger partial charge on any atom is 0.416 e. The van der Waals surface area contributed by atoms with Crippen molar-refractivity contribution in [1.82, 2.24) is 4.90 Å². The molecule has 0 radical (unpaired) electrons. The third kappa shape index (κ3) is 4.33. The van der Waals surface area contributed by atoms with Crippen LogP contribution in [0, 0.1) is 5.82 Å². The van der Waals surface area contributed by atoms with Crippen molar-refractivity contribution in [3.05, 3.63) is 29.6 Å². The standard InChI is InChI=1S/C15H20F4N2/c1-2-7-21-8-5-12(6-9-21)20-14-10-11(15(17,18)19)3-4-13(14)16/h3-4,10,12,20H,2,5-9H2,1H3. The van der Waals surface area contributed by atoms with Gasteiger partial charge in [-0.3, -0.25) is 0 Å². The first-order valence-electron chi connectivity index (χ1n) is 7.25. The Balaban J connectivity index is 2.00. The first-order valence-corrected chi connectivity index (χ1v) is 7.25. The highest BCUT2D eigenvalue weighted by atomic mass is 19.4. The molecule has 0 bridgehead atoms. The monoisotopic (exact) mass is 304 g/mol. The van der Waals surface area contributed by atoms with Gasteiger partial charge in [0.05, 0.1) is 11.3 Å². The molecule has 0 unspecified atom stereocenters. The highest BCUT2D eigenvalue weighted by Gasteiger charge is 2.31. The molecular weight excluding hydrogens is 284 g/mol. The largest absolute Gasteiger partial charge is 0.416 e. The number of halogens is 4. The lowest BCUT2D eigenvalue weighted by Gasteiger charge is -2.32. The molecule has 0 aliphatic carbocycles. The van der Waals surface area contributed by atoms with Crippen LogP contribution >= 0.6 is 0 Å². The second-order valence-electron chi connectivity index (χ2n) is 5.45. The van der Waals surface area contributed by atoms with Gasteiger partial charge in [-0.05, 0) is 44.0 Å². The summed E-state index contributed by atoms with van der Waals surface area (Å²) in [5, 5.41) is 2.92. The molecule has 118 valence electrons. The lowest BCUT2D eigenvalue weighted by Crippen LogP contribution is -2.39. The van der Waals surface area contributed by atoms with Gasteiger partial charge in [0.25, 0.3) is 0 Å². The minimum Gasteiger partial charge on any atom is -0.380 e. The van der Waals surface area contributed by atoms with Crippen LogP contribution in [0.1, 0.15) is 31.7 Å². The second-order valence-corrected chi connectivity index (χ2v) is 5.45. The maximum atomic E-state index is 13.7. The Kier molecular flexibility index (Phi) is 5.08. The predicted molar refractivity (Wildman–Crippen MR) is 74.8 cm³/mol. The fourth-order valence-corrected chi connectivity index (χ4v) is 2.65. The number of hydrogen-bond donors (Lipinski definition) is 1. The lowest BCUT2D eigenvalue weighted by molar-refractivity contribution is -0.137. The first kappa shape index (κ1) is 16.1. The van der Waals surface area contributed by atoms with Crippen LogP contribution in [0.3, 0.4) is 0 Å². The smallest absolute Gasteiger partial charge is 0.380 e. The highest BCUT2D eigenvalue weighted by molar-refractivity contribution is 5.48. The highest BCUT2D eigenvalue weighted by Crippen LogP contribution is 2.32. The molecule has 0 spiro atoms. The predicted octanol–water partition coefficient (Wildman–Crippen LogP) is 4.13. The number of nitrogens with one attached hydrogen (secondary N) is 1. The summed E-state index contributed by atoms with van der Waals surface area (Å²) in [6, 6.07) is 2.52. The van der Waals surface area contributed by atoms with Crippen molar-refractivity contribution in [2.45, 2.75) is 38.4 Å². The summed E-state index contributed by atoms with van der Waals surface area (Å²) >= 11 is 0. The molecule has 1 saturated heterocycles. The number of hydrogen-bond acceptors (Lipinski definition) is 2. The van der Waals surface area contributed by atoms with Crippen LogP contribution in [-0.4, -0.2) is 30.6 Å². The van der Waals surface area contributed by atoms with Gasteiger partial charge in [0.15, 0.2) is 0 Å². The van der Waals surface area contributed by atoms with E-state index in [1.807, 2.05) is 0 Å². The van der Waals surface area contributed by atoms with E-state index in [1.165, 1.54) is 0 Å². The van der Waals surface area contributed by atoms with Crippen molar-refractivity contribution in [1.29, 1.82) is 0 Å². The summed E-state index contributed by atoms with van der Waals surface area (Å²) in [6.45, 7) is 4.94. The average molecular weight is 304 g/mol. The van der Waals surface area contributed by atoms with Crippen LogP contribution in [0.4, 0.5) is 23.2 Å². The lowest BCUT2D eigenvalue weighted by atomic mass is 10.0. The van der Waals surface area contributed by atoms with Gasteiger partial charge in [-0.2, -0.15) is 13.2 Å². The van der Waals surface area contributed by atoms with Crippen LogP contribution in [0.2, 0.25) is 0 Å². The van der Waals surface area contributed by atoms with E-state index < -0.39 is 17.6 Å². The molecular formula is C15H20F4N2. The molecule has 1 aliphatic rings. The van der Waals surface area contributed by atoms with E-state index in [0.29, 0.717) is 0 Å². The summed E-state index contributed by atoms with van der Waals surface area (Å²) in [6.07, 6.45) is -1.74. The summed E-state index contributed by atoms with van der Waals surface area (Å²) in [5.74, 6) is -0.640. The van der Waals surface area contributed by atoms with Crippen molar-refractivity contribution in [2.75, 3.05) is 25.0 Å². The number of piperidine rings is 1. The van der Waals surface area contributed by atoms with Gasteiger partial charge in [-0.15, -0.1) is 0 Å². The SMILES string of the molecule is CCCN1CCC(Nc2cc(C(F)(F)F)ccc2F)CC1. The molecule has 2 rings (SSSR count). The van der Waals surface area contributed by atoms with Crippen LogP contribution in [0.15, 0.2) is 18.2 Å². The summed E-state index contributed by atoms with van der Waals surface area (Å²) in [4.78, 5) is 2.32. The normalized spacial score (nSPS) is 18.0. The van der Waals surface area contributed by atoms with Crippen LogP contribution < -0.4 is 5.32 Å². The van der Waals surface area contributed by atoms with Crippen LogP contribution in [0.5, 0.6) is 0 Å². The first-order chi connectivity index (χ1) is 9.90. The van der Waals surface area contributed by atoms with Crippen molar-refractivity contribution in [2.24, 2.45) is 0 Å². The van der Waals surface area contributed by atoms with Crippen molar-refractivity contribution in [3.8, 4) is 0 Å². The molecule has 1 aromatic rings. The van der Waals surface area contributed by atoms with Gasteiger partial charge in [0.1, 0.15) is 5.82 Å². The zero-order valence-electron chi connectivity index (χ0n) is 12.0. The van der Waals surface area contributed by atoms with Crippen molar-refractivity contribution < 1.29 is 17.6 Å². The molecule has 6 heteroatoms. The minimum absolute atomic E-state index is 0.0242. The molecule has 1 aromatic carbocycles. The Morgan fingerprint density at radius 1 is 1.24 bits per heavy atom. The van der Waals surface area contributed by atoms with E-state index >= 15 is 0 Å². The topological polar surface area (TPSA) is 15.3 Å². The molecule has 0 amide bonds. The average Bonchev–Trinajstić information content (AvgIpc) is 2.42. The Labute approximate surface area is 122 Å². The number of nitrogens with zero attached hydrogens (tertiary/aromatic N) is 1. The van der Waals surface area contributed by atoms with E-state index in [0.717, 1.165) is 57.1 Å². The fourth-order valence-electron chi connectivity index (χ4n) is 2.65. The van der Waals surface area contributed by atoms with Gasteiger partial charge in [0.2, 0.25) is 0 Å². The van der Waals surface area contributed by atoms with E-state index in [9.17, 15) is 17.6 Å². The Bertz CT molecular complexity index is 465.